The number of rotatable bonds is 3. The highest BCUT2D eigenvalue weighted by Crippen LogP contribution is 2.31. The first-order chi connectivity index (χ1) is 7.31. The molecule has 0 unspecified atom stereocenters. The Kier molecular flexibility index (Phi) is 3.37. The molecule has 0 amide bonds. The van der Waals surface area contributed by atoms with Crippen LogP contribution in [0.4, 0.5) is 5.82 Å². The minimum atomic E-state index is 0.279. The van der Waals surface area contributed by atoms with Crippen molar-refractivity contribution >= 4 is 21.7 Å². The van der Waals surface area contributed by atoms with E-state index < -0.39 is 0 Å². The van der Waals surface area contributed by atoms with Crippen molar-refractivity contribution in [2.75, 3.05) is 5.43 Å². The van der Waals surface area contributed by atoms with Gasteiger partial charge >= 0.3 is 0 Å². The van der Waals surface area contributed by atoms with E-state index in [1.807, 2.05) is 0 Å². The highest BCUT2D eigenvalue weighted by Gasteiger charge is 2.19. The summed E-state index contributed by atoms with van der Waals surface area (Å²) in [5.74, 6) is 6.40. The number of nitrogens with one attached hydrogen (secondary N) is 1. The molecule has 5 nitrogen and oxygen atoms in total. The predicted octanol–water partition coefficient (Wildman–Crippen LogP) is 1.85. The number of nitrogen functional groups attached to an aromatic ring is 1. The molecule has 1 heterocycles. The number of hydrazine groups is 1. The number of hydrogen-bond donors (Lipinski definition) is 2. The molecular weight excluding hydrogens is 260 g/mol. The monoisotopic (exact) mass is 272 g/mol. The molecule has 0 bridgehead atoms. The third kappa shape index (κ3) is 2.38. The third-order valence-electron chi connectivity index (χ3n) is 2.47. The van der Waals surface area contributed by atoms with E-state index in [4.69, 9.17) is 10.6 Å². The summed E-state index contributed by atoms with van der Waals surface area (Å²) in [4.78, 5) is 8.03. The Hall–Kier alpha value is -0.880. The number of hydrogen-bond acceptors (Lipinski definition) is 5. The summed E-state index contributed by atoms with van der Waals surface area (Å²) in [6.07, 6.45) is 6.38. The van der Waals surface area contributed by atoms with Crippen LogP contribution in [0.15, 0.2) is 10.8 Å². The fourth-order valence-corrected chi connectivity index (χ4v) is 2.11. The molecular formula is C9H13BrN4O. The average molecular weight is 273 g/mol. The highest BCUT2D eigenvalue weighted by molar-refractivity contribution is 9.10. The van der Waals surface area contributed by atoms with Gasteiger partial charge in [-0.05, 0) is 41.6 Å². The first-order valence-corrected chi connectivity index (χ1v) is 5.74. The van der Waals surface area contributed by atoms with Crippen LogP contribution in [0.25, 0.3) is 0 Å². The predicted molar refractivity (Wildman–Crippen MR) is 60.4 cm³/mol. The summed E-state index contributed by atoms with van der Waals surface area (Å²) < 4.78 is 6.44. The molecule has 1 aliphatic rings. The van der Waals surface area contributed by atoms with Crippen LogP contribution in [-0.2, 0) is 0 Å². The fourth-order valence-electron chi connectivity index (χ4n) is 1.70. The molecule has 6 heteroatoms. The maximum Gasteiger partial charge on any atom is 0.233 e. The number of nitrogens with zero attached hydrogens (tertiary/aromatic N) is 2. The van der Waals surface area contributed by atoms with E-state index in [0.29, 0.717) is 16.2 Å². The summed E-state index contributed by atoms with van der Waals surface area (Å²) in [5.41, 5.74) is 2.48. The standard InChI is InChI=1S/C9H13BrN4O/c10-7-8(14-11)12-5-13-9(7)15-6-3-1-2-4-6/h5-6H,1-4,11H2,(H,12,13,14). The molecule has 1 aromatic rings. The minimum absolute atomic E-state index is 0.279. The second-order valence-electron chi connectivity index (χ2n) is 3.51. The van der Waals surface area contributed by atoms with E-state index in [0.717, 1.165) is 12.8 Å². The van der Waals surface area contributed by atoms with E-state index >= 15 is 0 Å². The Morgan fingerprint density at radius 2 is 2.13 bits per heavy atom. The van der Waals surface area contributed by atoms with Gasteiger partial charge in [0.1, 0.15) is 16.9 Å². The number of ether oxygens (including phenoxy) is 1. The number of halogens is 1. The maximum atomic E-state index is 5.76. The zero-order valence-corrected chi connectivity index (χ0v) is 9.83. The van der Waals surface area contributed by atoms with Crippen molar-refractivity contribution in [3.8, 4) is 5.88 Å². The van der Waals surface area contributed by atoms with Crippen molar-refractivity contribution in [2.45, 2.75) is 31.8 Å². The summed E-state index contributed by atoms with van der Waals surface area (Å²) in [6, 6.07) is 0. The summed E-state index contributed by atoms with van der Waals surface area (Å²) in [6.45, 7) is 0. The van der Waals surface area contributed by atoms with Crippen molar-refractivity contribution < 1.29 is 4.74 Å². The van der Waals surface area contributed by atoms with Gasteiger partial charge < -0.3 is 10.2 Å². The maximum absolute atomic E-state index is 5.76. The van der Waals surface area contributed by atoms with E-state index in [-0.39, 0.29) is 6.10 Å². The zero-order valence-electron chi connectivity index (χ0n) is 8.24. The molecule has 2 rings (SSSR count). The first kappa shape index (κ1) is 10.6. The van der Waals surface area contributed by atoms with E-state index in [9.17, 15) is 0 Å². The van der Waals surface area contributed by atoms with Crippen LogP contribution in [0.2, 0.25) is 0 Å². The largest absolute Gasteiger partial charge is 0.473 e. The van der Waals surface area contributed by atoms with Crippen LogP contribution in [0.1, 0.15) is 25.7 Å². The molecule has 1 aromatic heterocycles. The molecule has 0 aromatic carbocycles. The van der Waals surface area contributed by atoms with Gasteiger partial charge in [-0.3, -0.25) is 0 Å². The lowest BCUT2D eigenvalue weighted by Gasteiger charge is -2.13. The molecule has 0 atom stereocenters. The van der Waals surface area contributed by atoms with Crippen molar-refractivity contribution in [3.05, 3.63) is 10.8 Å². The average Bonchev–Trinajstić information content (AvgIpc) is 2.74. The van der Waals surface area contributed by atoms with Crippen LogP contribution in [0.3, 0.4) is 0 Å². The van der Waals surface area contributed by atoms with Crippen molar-refractivity contribution in [2.24, 2.45) is 5.84 Å². The van der Waals surface area contributed by atoms with Crippen molar-refractivity contribution in [3.63, 3.8) is 0 Å². The van der Waals surface area contributed by atoms with Gasteiger partial charge in [-0.25, -0.2) is 15.8 Å². The van der Waals surface area contributed by atoms with Crippen LogP contribution in [0, 0.1) is 0 Å². The van der Waals surface area contributed by atoms with E-state index in [1.54, 1.807) is 0 Å². The Morgan fingerprint density at radius 1 is 1.40 bits per heavy atom. The number of aromatic nitrogens is 2. The zero-order chi connectivity index (χ0) is 10.7. The van der Waals surface area contributed by atoms with Crippen LogP contribution in [-0.4, -0.2) is 16.1 Å². The Labute approximate surface area is 96.5 Å². The normalized spacial score (nSPS) is 16.7. The van der Waals surface area contributed by atoms with Gasteiger partial charge in [-0.2, -0.15) is 0 Å². The van der Waals surface area contributed by atoms with Gasteiger partial charge in [0.15, 0.2) is 5.82 Å². The fraction of sp³-hybridized carbons (Fsp3) is 0.556. The van der Waals surface area contributed by atoms with Crippen LogP contribution >= 0.6 is 15.9 Å². The molecule has 3 N–H and O–H groups in total. The minimum Gasteiger partial charge on any atom is -0.473 e. The summed E-state index contributed by atoms with van der Waals surface area (Å²) in [7, 11) is 0. The number of nitrogens with two attached hydrogens (primary N) is 1. The molecule has 15 heavy (non-hydrogen) atoms. The van der Waals surface area contributed by atoms with Gasteiger partial charge in [0.2, 0.25) is 5.88 Å². The lowest BCUT2D eigenvalue weighted by molar-refractivity contribution is 0.199. The molecule has 82 valence electrons. The molecule has 0 radical (unpaired) electrons. The molecule has 1 aliphatic carbocycles. The smallest absolute Gasteiger partial charge is 0.233 e. The van der Waals surface area contributed by atoms with Gasteiger partial charge in [-0.15, -0.1) is 0 Å². The van der Waals surface area contributed by atoms with Crippen molar-refractivity contribution in [1.29, 1.82) is 0 Å². The van der Waals surface area contributed by atoms with Gasteiger partial charge in [0.05, 0.1) is 0 Å². The second-order valence-corrected chi connectivity index (χ2v) is 4.30. The van der Waals surface area contributed by atoms with Gasteiger partial charge in [0, 0.05) is 0 Å². The quantitative estimate of drug-likeness (QED) is 0.649. The Bertz CT molecular complexity index is 341. The first-order valence-electron chi connectivity index (χ1n) is 4.95. The Morgan fingerprint density at radius 3 is 2.80 bits per heavy atom. The van der Waals surface area contributed by atoms with E-state index in [1.165, 1.54) is 19.2 Å². The van der Waals surface area contributed by atoms with Crippen LogP contribution in [0.5, 0.6) is 5.88 Å². The van der Waals surface area contributed by atoms with Gasteiger partial charge in [0.25, 0.3) is 0 Å². The molecule has 1 saturated carbocycles. The second kappa shape index (κ2) is 4.76. The molecule has 0 aliphatic heterocycles. The highest BCUT2D eigenvalue weighted by atomic mass is 79.9. The summed E-state index contributed by atoms with van der Waals surface area (Å²) >= 11 is 3.36. The third-order valence-corrected chi connectivity index (χ3v) is 3.19. The van der Waals surface area contributed by atoms with E-state index in [2.05, 4.69) is 31.3 Å². The molecule has 1 fully saturated rings. The van der Waals surface area contributed by atoms with Crippen LogP contribution < -0.4 is 16.0 Å². The lowest BCUT2D eigenvalue weighted by Crippen LogP contribution is -2.14. The Balaban J connectivity index is 2.13. The van der Waals surface area contributed by atoms with Crippen molar-refractivity contribution in [1.82, 2.24) is 9.97 Å². The topological polar surface area (TPSA) is 73.1 Å². The molecule has 0 saturated heterocycles. The number of anilines is 1. The van der Waals surface area contributed by atoms with Gasteiger partial charge in [-0.1, -0.05) is 0 Å². The summed E-state index contributed by atoms with van der Waals surface area (Å²) in [5, 5.41) is 0. The SMILES string of the molecule is NNc1ncnc(OC2CCCC2)c1Br. The molecule has 0 spiro atoms. The lowest BCUT2D eigenvalue weighted by atomic mass is 10.3.